The highest BCUT2D eigenvalue weighted by Gasteiger charge is 2.29. The SMILES string of the molecule is Cl.Cl.Clc1cccc2ccc(CN3CC[C@H]4CC[C@@H](C3)N4)nc12. The van der Waals surface area contributed by atoms with Crippen LogP contribution in [0, 0.1) is 0 Å². The zero-order chi connectivity index (χ0) is 14.2. The lowest BCUT2D eigenvalue weighted by atomic mass is 10.1. The van der Waals surface area contributed by atoms with Gasteiger partial charge in [0.25, 0.3) is 0 Å². The quantitative estimate of drug-likeness (QED) is 0.859. The van der Waals surface area contributed by atoms with Crippen LogP contribution in [0.4, 0.5) is 0 Å². The number of halogens is 3. The summed E-state index contributed by atoms with van der Waals surface area (Å²) in [7, 11) is 0. The summed E-state index contributed by atoms with van der Waals surface area (Å²) in [6.45, 7) is 3.22. The van der Waals surface area contributed by atoms with Gasteiger partial charge in [-0.1, -0.05) is 29.8 Å². The van der Waals surface area contributed by atoms with Crippen molar-refractivity contribution >= 4 is 47.3 Å². The van der Waals surface area contributed by atoms with Gasteiger partial charge < -0.3 is 5.32 Å². The van der Waals surface area contributed by atoms with Crippen molar-refractivity contribution in [3.05, 3.63) is 41.0 Å². The normalized spacial score (nSPS) is 23.9. The summed E-state index contributed by atoms with van der Waals surface area (Å²) in [6, 6.07) is 11.6. The summed E-state index contributed by atoms with van der Waals surface area (Å²) in [6.07, 6.45) is 3.92. The van der Waals surface area contributed by atoms with E-state index >= 15 is 0 Å². The van der Waals surface area contributed by atoms with Crippen LogP contribution in [0.3, 0.4) is 0 Å². The molecule has 3 nitrogen and oxygen atoms in total. The van der Waals surface area contributed by atoms with Crippen LogP contribution in [0.15, 0.2) is 30.3 Å². The molecule has 2 atom stereocenters. The van der Waals surface area contributed by atoms with Gasteiger partial charge in [0.05, 0.1) is 16.2 Å². The molecule has 0 radical (unpaired) electrons. The zero-order valence-electron chi connectivity index (χ0n) is 12.9. The molecule has 2 aliphatic rings. The van der Waals surface area contributed by atoms with Crippen molar-refractivity contribution in [2.75, 3.05) is 13.1 Å². The minimum atomic E-state index is 0. The number of nitrogens with one attached hydrogen (secondary N) is 1. The average Bonchev–Trinajstić information content (AvgIpc) is 2.82. The molecule has 2 aromatic rings. The van der Waals surface area contributed by atoms with Crippen LogP contribution in [-0.4, -0.2) is 35.1 Å². The molecule has 1 N–H and O–H groups in total. The molecule has 126 valence electrons. The smallest absolute Gasteiger partial charge is 0.0891 e. The lowest BCUT2D eigenvalue weighted by Crippen LogP contribution is -2.35. The van der Waals surface area contributed by atoms with Crippen LogP contribution in [0.2, 0.25) is 5.02 Å². The lowest BCUT2D eigenvalue weighted by Gasteiger charge is -2.23. The first-order valence-corrected chi connectivity index (χ1v) is 8.18. The summed E-state index contributed by atoms with van der Waals surface area (Å²) in [5.41, 5.74) is 2.04. The molecule has 0 spiro atoms. The Morgan fingerprint density at radius 2 is 1.91 bits per heavy atom. The minimum absolute atomic E-state index is 0. The van der Waals surface area contributed by atoms with Crippen LogP contribution in [0.25, 0.3) is 10.9 Å². The highest BCUT2D eigenvalue weighted by atomic mass is 35.5. The van der Waals surface area contributed by atoms with Crippen molar-refractivity contribution in [1.82, 2.24) is 15.2 Å². The Kier molecular flexibility index (Phi) is 6.52. The first-order chi connectivity index (χ1) is 10.3. The van der Waals surface area contributed by atoms with Gasteiger partial charge >= 0.3 is 0 Å². The molecule has 3 heterocycles. The Morgan fingerprint density at radius 1 is 1.09 bits per heavy atom. The number of rotatable bonds is 2. The number of likely N-dealkylation sites (tertiary alicyclic amines) is 1. The van der Waals surface area contributed by atoms with Gasteiger partial charge in [-0.2, -0.15) is 0 Å². The minimum Gasteiger partial charge on any atom is -0.310 e. The molecule has 0 saturated carbocycles. The second kappa shape index (κ2) is 8.00. The molecule has 2 bridgehead atoms. The van der Waals surface area contributed by atoms with Crippen LogP contribution in [0.1, 0.15) is 25.0 Å². The fraction of sp³-hybridized carbons (Fsp3) is 0.471. The summed E-state index contributed by atoms with van der Waals surface area (Å²) < 4.78 is 0. The molecule has 1 aromatic carbocycles. The number of aromatic nitrogens is 1. The van der Waals surface area contributed by atoms with Gasteiger partial charge in [-0.25, -0.2) is 4.98 Å². The van der Waals surface area contributed by atoms with Gasteiger partial charge in [0.1, 0.15) is 0 Å². The van der Waals surface area contributed by atoms with Crippen LogP contribution in [0.5, 0.6) is 0 Å². The number of fused-ring (bicyclic) bond motifs is 3. The van der Waals surface area contributed by atoms with Crippen LogP contribution >= 0.6 is 36.4 Å². The third kappa shape index (κ3) is 4.09. The first-order valence-electron chi connectivity index (χ1n) is 7.80. The number of nitrogens with zero attached hydrogens (tertiary/aromatic N) is 2. The first kappa shape index (κ1) is 18.8. The molecule has 0 aliphatic carbocycles. The maximum atomic E-state index is 6.26. The predicted octanol–water partition coefficient (Wildman–Crippen LogP) is 4.06. The third-order valence-electron chi connectivity index (χ3n) is 4.72. The van der Waals surface area contributed by atoms with E-state index in [1.54, 1.807) is 0 Å². The van der Waals surface area contributed by atoms with Crippen molar-refractivity contribution in [2.45, 2.75) is 37.9 Å². The number of hydrogen-bond acceptors (Lipinski definition) is 3. The molecular formula is C17H22Cl3N3. The topological polar surface area (TPSA) is 28.2 Å². The molecule has 0 unspecified atom stereocenters. The van der Waals surface area contributed by atoms with E-state index in [0.29, 0.717) is 6.04 Å². The monoisotopic (exact) mass is 373 g/mol. The van der Waals surface area contributed by atoms with Gasteiger partial charge in [-0.15, -0.1) is 24.8 Å². The van der Waals surface area contributed by atoms with E-state index in [1.165, 1.54) is 19.3 Å². The third-order valence-corrected chi connectivity index (χ3v) is 5.03. The summed E-state index contributed by atoms with van der Waals surface area (Å²) >= 11 is 6.26. The largest absolute Gasteiger partial charge is 0.310 e. The number of para-hydroxylation sites is 1. The highest BCUT2D eigenvalue weighted by molar-refractivity contribution is 6.35. The maximum absolute atomic E-state index is 6.26. The molecule has 2 fully saturated rings. The van der Waals surface area contributed by atoms with Crippen molar-refractivity contribution in [2.24, 2.45) is 0 Å². The Balaban J connectivity index is 0.000000960. The van der Waals surface area contributed by atoms with E-state index < -0.39 is 0 Å². The van der Waals surface area contributed by atoms with Crippen molar-refractivity contribution in [1.29, 1.82) is 0 Å². The molecule has 6 heteroatoms. The second-order valence-electron chi connectivity index (χ2n) is 6.28. The molecule has 2 aliphatic heterocycles. The van der Waals surface area contributed by atoms with Crippen molar-refractivity contribution in [3.8, 4) is 0 Å². The lowest BCUT2D eigenvalue weighted by molar-refractivity contribution is 0.248. The molecule has 4 rings (SSSR count). The summed E-state index contributed by atoms with van der Waals surface area (Å²) in [5.74, 6) is 0. The van der Waals surface area contributed by atoms with Crippen molar-refractivity contribution < 1.29 is 0 Å². The Morgan fingerprint density at radius 3 is 2.78 bits per heavy atom. The van der Waals surface area contributed by atoms with Gasteiger partial charge in [0.15, 0.2) is 0 Å². The Hall–Kier alpha value is -0.580. The average molecular weight is 375 g/mol. The van der Waals surface area contributed by atoms with Gasteiger partial charge in [0.2, 0.25) is 0 Å². The molecule has 1 aromatic heterocycles. The summed E-state index contributed by atoms with van der Waals surface area (Å²) in [4.78, 5) is 7.30. The van der Waals surface area contributed by atoms with E-state index in [-0.39, 0.29) is 24.8 Å². The van der Waals surface area contributed by atoms with Crippen LogP contribution < -0.4 is 5.32 Å². The van der Waals surface area contributed by atoms with Gasteiger partial charge in [-0.05, 0) is 31.4 Å². The summed E-state index contributed by atoms with van der Waals surface area (Å²) in [5, 5.41) is 5.58. The van der Waals surface area contributed by atoms with E-state index in [4.69, 9.17) is 16.6 Å². The fourth-order valence-corrected chi connectivity index (χ4v) is 3.85. The number of benzene rings is 1. The van der Waals surface area contributed by atoms with E-state index in [0.717, 1.165) is 47.3 Å². The maximum Gasteiger partial charge on any atom is 0.0891 e. The van der Waals surface area contributed by atoms with Gasteiger partial charge in [0, 0.05) is 37.1 Å². The van der Waals surface area contributed by atoms with Crippen molar-refractivity contribution in [3.63, 3.8) is 0 Å². The Bertz CT molecular complexity index is 665. The van der Waals surface area contributed by atoms with Gasteiger partial charge in [-0.3, -0.25) is 4.90 Å². The molecular weight excluding hydrogens is 353 g/mol. The molecule has 2 saturated heterocycles. The van der Waals surface area contributed by atoms with E-state index in [9.17, 15) is 0 Å². The highest BCUT2D eigenvalue weighted by Crippen LogP contribution is 2.24. The number of hydrogen-bond donors (Lipinski definition) is 1. The Labute approximate surface area is 154 Å². The number of pyridine rings is 1. The zero-order valence-corrected chi connectivity index (χ0v) is 15.3. The van der Waals surface area contributed by atoms with E-state index in [1.807, 2.05) is 12.1 Å². The second-order valence-corrected chi connectivity index (χ2v) is 6.68. The standard InChI is InChI=1S/C17H20ClN3.2ClH/c18-16-3-1-2-12-4-5-15(20-17(12)16)11-21-9-8-13-6-7-14(10-21)19-13;;/h1-5,13-14,19H,6-11H2;2*1H/t13-,14+;;/m1../s1. The molecule has 23 heavy (non-hydrogen) atoms. The molecule has 0 amide bonds. The predicted molar refractivity (Wildman–Crippen MR) is 101 cm³/mol. The van der Waals surface area contributed by atoms with E-state index in [2.05, 4.69) is 28.4 Å². The fourth-order valence-electron chi connectivity index (χ4n) is 3.63. The van der Waals surface area contributed by atoms with Crippen LogP contribution in [-0.2, 0) is 6.54 Å².